The fourth-order valence-electron chi connectivity index (χ4n) is 0.500. The molecule has 0 aliphatic rings. The molecule has 0 radical (unpaired) electrons. The normalized spacial score (nSPS) is 12.9. The zero-order chi connectivity index (χ0) is 7.33. The third kappa shape index (κ3) is 8.25. The first-order valence-electron chi connectivity index (χ1n) is 3.27. The Kier molecular flexibility index (Phi) is 4.24. The zero-order valence-electron chi connectivity index (χ0n) is 6.45. The predicted molar refractivity (Wildman–Crippen MR) is 48.0 cm³/mol. The first-order valence-corrected chi connectivity index (χ1v) is 7.51. The molecule has 0 amide bonds. The highest BCUT2D eigenvalue weighted by atomic mass is 35.5. The van der Waals surface area contributed by atoms with Crippen LogP contribution in [0, 0.1) is 0 Å². The van der Waals surface area contributed by atoms with Crippen molar-refractivity contribution in [2.45, 2.75) is 25.7 Å². The van der Waals surface area contributed by atoms with Gasteiger partial charge in [0, 0.05) is 14.0 Å². The minimum absolute atomic E-state index is 0.657. The molecule has 0 aromatic carbocycles. The fourth-order valence-corrected chi connectivity index (χ4v) is 1.50. The molecule has 0 aromatic heterocycles. The third-order valence-corrected chi connectivity index (χ3v) is 2.62. The van der Waals surface area contributed by atoms with Crippen LogP contribution in [-0.2, 0) is 0 Å². The molecule has 0 fully saturated rings. The van der Waals surface area contributed by atoms with E-state index in [0.717, 1.165) is 0 Å². The average molecular weight is 163 g/mol. The maximum atomic E-state index is 5.46. The molecule has 2 heteroatoms. The van der Waals surface area contributed by atoms with E-state index in [0.29, 0.717) is 5.88 Å². The number of hydrogen-bond donors (Lipinski definition) is 0. The van der Waals surface area contributed by atoms with Crippen LogP contribution in [0.25, 0.3) is 0 Å². The van der Waals surface area contributed by atoms with Crippen molar-refractivity contribution in [1.29, 1.82) is 0 Å². The molecule has 0 bridgehead atoms. The molecule has 0 unspecified atom stereocenters. The van der Waals surface area contributed by atoms with Crippen molar-refractivity contribution in [1.82, 2.24) is 0 Å². The van der Waals surface area contributed by atoms with E-state index in [-0.39, 0.29) is 0 Å². The summed E-state index contributed by atoms with van der Waals surface area (Å²) in [5.74, 6) is 0.657. The predicted octanol–water partition coefficient (Wildman–Crippen LogP) is 3.12. The Labute approximate surface area is 63.9 Å². The van der Waals surface area contributed by atoms with E-state index in [2.05, 4.69) is 25.7 Å². The first-order chi connectivity index (χ1) is 4.06. The molecule has 0 aliphatic carbocycles. The van der Waals surface area contributed by atoms with Gasteiger partial charge >= 0.3 is 0 Å². The van der Waals surface area contributed by atoms with E-state index < -0.39 is 8.07 Å². The summed E-state index contributed by atoms with van der Waals surface area (Å²) < 4.78 is 0. The molecule has 0 heterocycles. The van der Waals surface area contributed by atoms with Crippen LogP contribution < -0.4 is 0 Å². The molecule has 9 heavy (non-hydrogen) atoms. The molecule has 0 spiro atoms. The number of alkyl halides is 1. The van der Waals surface area contributed by atoms with Crippen LogP contribution in [0.5, 0.6) is 0 Å². The number of hydrogen-bond acceptors (Lipinski definition) is 0. The van der Waals surface area contributed by atoms with Gasteiger partial charge in [-0.3, -0.25) is 0 Å². The van der Waals surface area contributed by atoms with Crippen LogP contribution >= 0.6 is 11.6 Å². The Bertz CT molecular complexity index is 91.6. The maximum absolute atomic E-state index is 5.46. The molecular formula is C7H15ClSi. The molecule has 0 atom stereocenters. The highest BCUT2D eigenvalue weighted by Crippen LogP contribution is 2.07. The Morgan fingerprint density at radius 1 is 1.22 bits per heavy atom. The van der Waals surface area contributed by atoms with E-state index >= 15 is 0 Å². The van der Waals surface area contributed by atoms with Crippen LogP contribution in [0.1, 0.15) is 0 Å². The first kappa shape index (κ1) is 9.25. The van der Waals surface area contributed by atoms with Crippen molar-refractivity contribution in [2.75, 3.05) is 5.88 Å². The quantitative estimate of drug-likeness (QED) is 0.340. The van der Waals surface area contributed by atoms with E-state index in [1.54, 1.807) is 0 Å². The smallest absolute Gasteiger partial charge is 0.0480 e. The highest BCUT2D eigenvalue weighted by molar-refractivity contribution is 6.76. The van der Waals surface area contributed by atoms with Gasteiger partial charge < -0.3 is 0 Å². The van der Waals surface area contributed by atoms with Gasteiger partial charge in [-0.25, -0.2) is 0 Å². The molecule has 0 nitrogen and oxygen atoms in total. The van der Waals surface area contributed by atoms with Gasteiger partial charge in [0.15, 0.2) is 0 Å². The molecular weight excluding hydrogens is 148 g/mol. The van der Waals surface area contributed by atoms with Crippen LogP contribution in [-0.4, -0.2) is 14.0 Å². The second-order valence-corrected chi connectivity index (χ2v) is 9.23. The zero-order valence-corrected chi connectivity index (χ0v) is 8.20. The Morgan fingerprint density at radius 2 is 1.78 bits per heavy atom. The van der Waals surface area contributed by atoms with Gasteiger partial charge in [-0.1, -0.05) is 31.8 Å². The summed E-state index contributed by atoms with van der Waals surface area (Å²) in [7, 11) is -0.840. The minimum atomic E-state index is -0.840. The number of rotatable bonds is 3. The largest absolute Gasteiger partial charge is 0.122 e. The van der Waals surface area contributed by atoms with Crippen molar-refractivity contribution in [3.8, 4) is 0 Å². The Balaban J connectivity index is 3.38. The summed E-state index contributed by atoms with van der Waals surface area (Å²) in [6, 6.07) is 1.25. The molecule has 54 valence electrons. The van der Waals surface area contributed by atoms with Crippen LogP contribution in [0.3, 0.4) is 0 Å². The standard InChI is InChI=1S/C7H15ClSi/c1-9(2,3)7-5-4-6-8/h4-5H,6-7H2,1-3H3/b5-4+. The van der Waals surface area contributed by atoms with Crippen molar-refractivity contribution in [3.05, 3.63) is 12.2 Å². The maximum Gasteiger partial charge on any atom is 0.0480 e. The molecule has 0 aromatic rings. The van der Waals surface area contributed by atoms with Gasteiger partial charge in [0.1, 0.15) is 0 Å². The van der Waals surface area contributed by atoms with Crippen LogP contribution in [0.2, 0.25) is 25.7 Å². The molecule has 0 aliphatic heterocycles. The summed E-state index contributed by atoms with van der Waals surface area (Å²) in [4.78, 5) is 0. The summed E-state index contributed by atoms with van der Waals surface area (Å²) in [6.07, 6.45) is 4.22. The van der Waals surface area contributed by atoms with E-state index in [1.807, 2.05) is 6.08 Å². The third-order valence-electron chi connectivity index (χ3n) is 0.986. The molecule has 0 rings (SSSR count). The minimum Gasteiger partial charge on any atom is -0.122 e. The highest BCUT2D eigenvalue weighted by Gasteiger charge is 2.08. The summed E-state index contributed by atoms with van der Waals surface area (Å²) in [6.45, 7) is 7.06. The lowest BCUT2D eigenvalue weighted by Gasteiger charge is -2.11. The molecule has 0 N–H and O–H groups in total. The van der Waals surface area contributed by atoms with Crippen molar-refractivity contribution in [3.63, 3.8) is 0 Å². The Morgan fingerprint density at radius 3 is 2.11 bits per heavy atom. The van der Waals surface area contributed by atoms with Crippen molar-refractivity contribution < 1.29 is 0 Å². The van der Waals surface area contributed by atoms with Gasteiger partial charge in [-0.2, -0.15) is 0 Å². The SMILES string of the molecule is C[Si](C)(C)C/C=C/CCl. The lowest BCUT2D eigenvalue weighted by atomic mass is 10.6. The van der Waals surface area contributed by atoms with E-state index in [9.17, 15) is 0 Å². The second kappa shape index (κ2) is 4.12. The van der Waals surface area contributed by atoms with E-state index in [4.69, 9.17) is 11.6 Å². The number of halogens is 1. The van der Waals surface area contributed by atoms with Crippen LogP contribution in [0.4, 0.5) is 0 Å². The monoisotopic (exact) mass is 162 g/mol. The lowest BCUT2D eigenvalue weighted by Crippen LogP contribution is -2.17. The molecule has 0 saturated carbocycles. The van der Waals surface area contributed by atoms with Gasteiger partial charge in [0.2, 0.25) is 0 Å². The van der Waals surface area contributed by atoms with Crippen molar-refractivity contribution >= 4 is 19.7 Å². The van der Waals surface area contributed by atoms with Crippen molar-refractivity contribution in [2.24, 2.45) is 0 Å². The lowest BCUT2D eigenvalue weighted by molar-refractivity contribution is 1.49. The topological polar surface area (TPSA) is 0 Å². The summed E-state index contributed by atoms with van der Waals surface area (Å²) in [5, 5.41) is 0. The Hall–Kier alpha value is 0.247. The van der Waals surface area contributed by atoms with Gasteiger partial charge in [-0.15, -0.1) is 11.6 Å². The molecule has 0 saturated heterocycles. The average Bonchev–Trinajstić information content (AvgIpc) is 1.63. The van der Waals surface area contributed by atoms with E-state index in [1.165, 1.54) is 6.04 Å². The van der Waals surface area contributed by atoms with Gasteiger partial charge in [-0.05, 0) is 6.04 Å². The summed E-state index contributed by atoms with van der Waals surface area (Å²) in [5.41, 5.74) is 0. The number of allylic oxidation sites excluding steroid dienone is 2. The van der Waals surface area contributed by atoms with Gasteiger partial charge in [0.05, 0.1) is 0 Å². The van der Waals surface area contributed by atoms with Gasteiger partial charge in [0.25, 0.3) is 0 Å². The summed E-state index contributed by atoms with van der Waals surface area (Å²) >= 11 is 5.46. The fraction of sp³-hybridized carbons (Fsp3) is 0.714. The van der Waals surface area contributed by atoms with Crippen LogP contribution in [0.15, 0.2) is 12.2 Å². The second-order valence-electron chi connectivity index (χ2n) is 3.39.